The van der Waals surface area contributed by atoms with Crippen molar-refractivity contribution in [2.45, 2.75) is 19.4 Å². The highest BCUT2D eigenvalue weighted by atomic mass is 16.6. The summed E-state index contributed by atoms with van der Waals surface area (Å²) >= 11 is 0. The van der Waals surface area contributed by atoms with Crippen LogP contribution >= 0.6 is 0 Å². The van der Waals surface area contributed by atoms with Gasteiger partial charge in [0.05, 0.1) is 18.1 Å². The van der Waals surface area contributed by atoms with E-state index >= 15 is 0 Å². The van der Waals surface area contributed by atoms with Crippen molar-refractivity contribution < 1.29 is 14.5 Å². The maximum absolute atomic E-state index is 12.8. The molecule has 1 N–H and O–H groups in total. The molecule has 0 saturated heterocycles. The third kappa shape index (κ3) is 3.24. The molecule has 0 spiro atoms. The first-order chi connectivity index (χ1) is 14.0. The van der Waals surface area contributed by atoms with Gasteiger partial charge in [-0.1, -0.05) is 30.3 Å². The van der Waals surface area contributed by atoms with Crippen LogP contribution < -0.4 is 4.74 Å². The average Bonchev–Trinajstić information content (AvgIpc) is 3.11. The molecule has 0 aliphatic carbocycles. The third-order valence-electron chi connectivity index (χ3n) is 5.44. The topological polar surface area (TPSA) is 88.5 Å². The van der Waals surface area contributed by atoms with Crippen LogP contribution in [0, 0.1) is 10.1 Å². The number of aromatic amines is 1. The van der Waals surface area contributed by atoms with Crippen LogP contribution in [0.3, 0.4) is 0 Å². The van der Waals surface area contributed by atoms with E-state index in [0.29, 0.717) is 18.5 Å². The van der Waals surface area contributed by atoms with Gasteiger partial charge in [-0.15, -0.1) is 0 Å². The van der Waals surface area contributed by atoms with Gasteiger partial charge in [0.2, 0.25) is 5.91 Å². The number of amides is 1. The van der Waals surface area contributed by atoms with Crippen LogP contribution in [-0.4, -0.2) is 34.4 Å². The molecule has 1 amide bonds. The Hall–Kier alpha value is -3.61. The number of nitro benzene ring substituents is 1. The van der Waals surface area contributed by atoms with Gasteiger partial charge in [0, 0.05) is 23.7 Å². The molecule has 1 unspecified atom stereocenters. The summed E-state index contributed by atoms with van der Waals surface area (Å²) < 4.78 is 5.17. The zero-order valence-corrected chi connectivity index (χ0v) is 16.2. The van der Waals surface area contributed by atoms with Crippen molar-refractivity contribution in [3.63, 3.8) is 0 Å². The minimum atomic E-state index is -0.431. The summed E-state index contributed by atoms with van der Waals surface area (Å²) in [4.78, 5) is 28.9. The molecule has 1 aromatic heterocycles. The van der Waals surface area contributed by atoms with Crippen LogP contribution in [0.25, 0.3) is 17.0 Å². The first kappa shape index (κ1) is 18.7. The molecule has 148 valence electrons. The number of rotatable bonds is 4. The fourth-order valence-corrected chi connectivity index (χ4v) is 3.99. The van der Waals surface area contributed by atoms with E-state index in [2.05, 4.69) is 4.98 Å². The normalized spacial score (nSPS) is 16.2. The van der Waals surface area contributed by atoms with Gasteiger partial charge < -0.3 is 14.6 Å². The molecule has 2 heterocycles. The van der Waals surface area contributed by atoms with Crippen LogP contribution in [0.2, 0.25) is 0 Å². The molecule has 1 aliphatic rings. The number of nitro groups is 1. The summed E-state index contributed by atoms with van der Waals surface area (Å²) in [6.45, 7) is 2.49. The monoisotopic (exact) mass is 391 g/mol. The van der Waals surface area contributed by atoms with E-state index in [9.17, 15) is 14.9 Å². The molecule has 7 heteroatoms. The predicted octanol–water partition coefficient (Wildman–Crippen LogP) is 4.24. The lowest BCUT2D eigenvalue weighted by molar-refractivity contribution is -0.384. The molecule has 29 heavy (non-hydrogen) atoms. The largest absolute Gasteiger partial charge is 0.490 e. The molecule has 0 fully saturated rings. The second-order valence-electron chi connectivity index (χ2n) is 7.01. The van der Waals surface area contributed by atoms with E-state index in [1.54, 1.807) is 23.1 Å². The molecular weight excluding hydrogens is 370 g/mol. The summed E-state index contributed by atoms with van der Waals surface area (Å²) in [5.41, 5.74) is 3.19. The van der Waals surface area contributed by atoms with E-state index in [4.69, 9.17) is 4.74 Å². The van der Waals surface area contributed by atoms with Gasteiger partial charge in [0.25, 0.3) is 0 Å². The second kappa shape index (κ2) is 7.43. The number of ether oxygens (including phenoxy) is 1. The maximum Gasteiger partial charge on any atom is 0.334 e. The number of nitrogens with one attached hydrogen (secondary N) is 1. The Kier molecular flexibility index (Phi) is 4.80. The number of aromatic nitrogens is 1. The van der Waals surface area contributed by atoms with E-state index in [1.165, 1.54) is 7.11 Å². The molecule has 3 aromatic rings. The number of fused-ring (bicyclic) bond motifs is 3. The number of carbonyl (C=O) groups is 1. The SMILES string of the molecule is COc1ccc2c3c([nH]c2c1[N+](=O)[O-])C(C)N(C(=O)/C=C/c1ccccc1)CC3. The van der Waals surface area contributed by atoms with Gasteiger partial charge in [0.15, 0.2) is 5.75 Å². The van der Waals surface area contributed by atoms with Crippen LogP contribution in [0.1, 0.15) is 29.8 Å². The number of benzene rings is 2. The van der Waals surface area contributed by atoms with Crippen molar-refractivity contribution in [3.05, 3.63) is 75.5 Å². The van der Waals surface area contributed by atoms with E-state index < -0.39 is 4.92 Å². The van der Waals surface area contributed by atoms with Gasteiger partial charge in [0.1, 0.15) is 5.52 Å². The minimum Gasteiger partial charge on any atom is -0.490 e. The highest BCUT2D eigenvalue weighted by molar-refractivity contribution is 5.96. The van der Waals surface area contributed by atoms with E-state index in [0.717, 1.165) is 22.2 Å². The van der Waals surface area contributed by atoms with E-state index in [-0.39, 0.29) is 23.4 Å². The van der Waals surface area contributed by atoms with Crippen molar-refractivity contribution >= 4 is 28.6 Å². The van der Waals surface area contributed by atoms with Crippen LogP contribution in [-0.2, 0) is 11.2 Å². The molecule has 2 aromatic carbocycles. The lowest BCUT2D eigenvalue weighted by atomic mass is 9.98. The smallest absolute Gasteiger partial charge is 0.334 e. The zero-order chi connectivity index (χ0) is 20.5. The Morgan fingerprint density at radius 2 is 2.03 bits per heavy atom. The Bertz CT molecular complexity index is 1120. The lowest BCUT2D eigenvalue weighted by Gasteiger charge is -2.32. The third-order valence-corrected chi connectivity index (χ3v) is 5.44. The van der Waals surface area contributed by atoms with E-state index in [1.807, 2.05) is 43.3 Å². The number of hydrogen-bond donors (Lipinski definition) is 1. The standard InChI is InChI=1S/C22H21N3O4/c1-14-20-17(16-9-10-18(29-2)22(25(27)28)21(16)23-20)12-13-24(14)19(26)11-8-15-6-4-3-5-7-15/h3-11,14,23H,12-13H2,1-2H3/b11-8+. The summed E-state index contributed by atoms with van der Waals surface area (Å²) in [6, 6.07) is 12.9. The summed E-state index contributed by atoms with van der Waals surface area (Å²) in [5, 5.41) is 12.4. The molecular formula is C22H21N3O4. The van der Waals surface area contributed by atoms with Crippen LogP contribution in [0.15, 0.2) is 48.5 Å². The number of H-pyrrole nitrogens is 1. The van der Waals surface area contributed by atoms with Crippen molar-refractivity contribution in [1.29, 1.82) is 0 Å². The molecule has 0 bridgehead atoms. The first-order valence-corrected chi connectivity index (χ1v) is 9.40. The van der Waals surface area contributed by atoms with Crippen molar-refractivity contribution in [2.24, 2.45) is 0 Å². The van der Waals surface area contributed by atoms with Gasteiger partial charge in [-0.3, -0.25) is 14.9 Å². The Labute approximate surface area is 167 Å². The number of hydrogen-bond acceptors (Lipinski definition) is 4. The maximum atomic E-state index is 12.8. The fourth-order valence-electron chi connectivity index (χ4n) is 3.99. The molecule has 0 saturated carbocycles. The minimum absolute atomic E-state index is 0.0755. The molecule has 4 rings (SSSR count). The average molecular weight is 391 g/mol. The summed E-state index contributed by atoms with van der Waals surface area (Å²) in [5.74, 6) is 0.130. The number of nitrogens with zero attached hydrogens (tertiary/aromatic N) is 2. The van der Waals surface area contributed by atoms with Crippen molar-refractivity contribution in [2.75, 3.05) is 13.7 Å². The Morgan fingerprint density at radius 3 is 2.72 bits per heavy atom. The summed E-state index contributed by atoms with van der Waals surface area (Å²) in [7, 11) is 1.42. The highest BCUT2D eigenvalue weighted by Gasteiger charge is 2.32. The fraction of sp³-hybridized carbons (Fsp3) is 0.227. The first-order valence-electron chi connectivity index (χ1n) is 9.40. The molecule has 7 nitrogen and oxygen atoms in total. The van der Waals surface area contributed by atoms with Crippen LogP contribution in [0.5, 0.6) is 5.75 Å². The molecule has 1 atom stereocenters. The van der Waals surface area contributed by atoms with Crippen molar-refractivity contribution in [1.82, 2.24) is 9.88 Å². The highest BCUT2D eigenvalue weighted by Crippen LogP contribution is 2.41. The predicted molar refractivity (Wildman–Crippen MR) is 111 cm³/mol. The Balaban J connectivity index is 1.68. The summed E-state index contributed by atoms with van der Waals surface area (Å²) in [6.07, 6.45) is 4.00. The number of carbonyl (C=O) groups excluding carboxylic acids is 1. The van der Waals surface area contributed by atoms with Gasteiger partial charge >= 0.3 is 5.69 Å². The second-order valence-corrected chi connectivity index (χ2v) is 7.01. The van der Waals surface area contributed by atoms with Crippen molar-refractivity contribution in [3.8, 4) is 5.75 Å². The van der Waals surface area contributed by atoms with Gasteiger partial charge in [-0.05, 0) is 42.7 Å². The molecule has 1 aliphatic heterocycles. The zero-order valence-electron chi connectivity index (χ0n) is 16.2. The Morgan fingerprint density at radius 1 is 1.28 bits per heavy atom. The number of methoxy groups -OCH3 is 1. The lowest BCUT2D eigenvalue weighted by Crippen LogP contribution is -2.37. The molecule has 0 radical (unpaired) electrons. The quantitative estimate of drug-likeness (QED) is 0.409. The van der Waals surface area contributed by atoms with Gasteiger partial charge in [-0.2, -0.15) is 0 Å². The van der Waals surface area contributed by atoms with Crippen LogP contribution in [0.4, 0.5) is 5.69 Å². The van der Waals surface area contributed by atoms with Gasteiger partial charge in [-0.25, -0.2) is 0 Å².